The van der Waals surface area contributed by atoms with Crippen molar-refractivity contribution in [3.8, 4) is 6.07 Å². The van der Waals surface area contributed by atoms with Crippen molar-refractivity contribution in [3.05, 3.63) is 57.0 Å². The molecule has 0 saturated heterocycles. The van der Waals surface area contributed by atoms with Gasteiger partial charge in [0.05, 0.1) is 12.2 Å². The molecule has 2 aromatic heterocycles. The van der Waals surface area contributed by atoms with Gasteiger partial charge >= 0.3 is 5.97 Å². The molecule has 0 N–H and O–H groups in total. The molecule has 0 radical (unpaired) electrons. The summed E-state index contributed by atoms with van der Waals surface area (Å²) in [6.07, 6.45) is 13.5. The van der Waals surface area contributed by atoms with Crippen LogP contribution in [-0.4, -0.2) is 23.3 Å². The molecule has 2 aromatic rings. The average Bonchev–Trinajstić information content (AvgIpc) is 3.10. The maximum Gasteiger partial charge on any atom is 0.306 e. The molecule has 1 saturated carbocycles. The van der Waals surface area contributed by atoms with Crippen molar-refractivity contribution in [3.63, 3.8) is 0 Å². The Kier molecular flexibility index (Phi) is 6.93. The number of pyridine rings is 1. The van der Waals surface area contributed by atoms with Gasteiger partial charge in [0.25, 0.3) is 0 Å². The highest BCUT2D eigenvalue weighted by molar-refractivity contribution is 7.12. The first-order chi connectivity index (χ1) is 15.1. The summed E-state index contributed by atoms with van der Waals surface area (Å²) >= 11 is 1.57. The molecule has 1 unspecified atom stereocenters. The predicted molar refractivity (Wildman–Crippen MR) is 119 cm³/mol. The van der Waals surface area contributed by atoms with Crippen molar-refractivity contribution in [1.82, 2.24) is 4.98 Å². The van der Waals surface area contributed by atoms with Gasteiger partial charge in [-0.25, -0.2) is 0 Å². The summed E-state index contributed by atoms with van der Waals surface area (Å²) in [5.41, 5.74) is 2.63. The van der Waals surface area contributed by atoms with Gasteiger partial charge in [0, 0.05) is 35.0 Å². The van der Waals surface area contributed by atoms with Crippen molar-refractivity contribution >= 4 is 29.2 Å². The maximum atomic E-state index is 12.5. The Labute approximate surface area is 186 Å². The molecule has 2 aliphatic carbocycles. The highest BCUT2D eigenvalue weighted by Crippen LogP contribution is 2.37. The molecule has 31 heavy (non-hydrogen) atoms. The number of hydrogen-bond acceptors (Lipinski definition) is 6. The second-order valence-corrected chi connectivity index (χ2v) is 9.66. The molecule has 1 fully saturated rings. The average molecular weight is 435 g/mol. The third-order valence-electron chi connectivity index (χ3n) is 6.19. The van der Waals surface area contributed by atoms with Crippen LogP contribution in [0.4, 0.5) is 0 Å². The smallest absolute Gasteiger partial charge is 0.306 e. The van der Waals surface area contributed by atoms with Crippen LogP contribution in [0.3, 0.4) is 0 Å². The zero-order valence-electron chi connectivity index (χ0n) is 17.5. The van der Waals surface area contributed by atoms with E-state index in [9.17, 15) is 14.9 Å². The van der Waals surface area contributed by atoms with Crippen LogP contribution in [0.15, 0.2) is 30.6 Å². The van der Waals surface area contributed by atoms with Crippen molar-refractivity contribution in [2.75, 3.05) is 6.61 Å². The van der Waals surface area contributed by atoms with Gasteiger partial charge in [-0.3, -0.25) is 14.6 Å². The topological polar surface area (TPSA) is 80.1 Å². The van der Waals surface area contributed by atoms with Crippen LogP contribution in [0.2, 0.25) is 0 Å². The second kappa shape index (κ2) is 10.0. The zero-order chi connectivity index (χ0) is 21.6. The SMILES string of the molecule is N#Cc1c(CC(=O)/C=C/c2cccnc2)sc2c1CCC(COC(=O)CC1CCC1)C2. The van der Waals surface area contributed by atoms with Gasteiger partial charge in [-0.1, -0.05) is 12.5 Å². The van der Waals surface area contributed by atoms with E-state index in [-0.39, 0.29) is 24.1 Å². The fourth-order valence-electron chi connectivity index (χ4n) is 4.19. The second-order valence-electron chi connectivity index (χ2n) is 8.47. The Morgan fingerprint density at radius 2 is 2.16 bits per heavy atom. The van der Waals surface area contributed by atoms with E-state index in [1.807, 2.05) is 12.1 Å². The third-order valence-corrected chi connectivity index (χ3v) is 7.45. The Balaban J connectivity index is 1.35. The van der Waals surface area contributed by atoms with Gasteiger partial charge in [-0.15, -0.1) is 11.3 Å². The standard InChI is InChI=1S/C25H26N2O3S/c26-14-22-21-9-7-19(16-30-25(29)12-17-3-1-4-17)11-23(21)31-24(22)13-20(28)8-6-18-5-2-10-27-15-18/h2,5-6,8,10,15,17,19H,1,3-4,7,9,11-13,16H2/b8-6+. The number of allylic oxidation sites excluding steroid dienone is 1. The highest BCUT2D eigenvalue weighted by Gasteiger charge is 2.28. The van der Waals surface area contributed by atoms with E-state index in [2.05, 4.69) is 11.1 Å². The lowest BCUT2D eigenvalue weighted by Crippen LogP contribution is -2.23. The number of thiophene rings is 1. The highest BCUT2D eigenvalue weighted by atomic mass is 32.1. The van der Waals surface area contributed by atoms with Crippen molar-refractivity contribution in [1.29, 1.82) is 5.26 Å². The summed E-state index contributed by atoms with van der Waals surface area (Å²) in [6.45, 7) is 0.451. The fraction of sp³-hybridized carbons (Fsp3) is 0.440. The van der Waals surface area contributed by atoms with Gasteiger partial charge in [0.15, 0.2) is 5.78 Å². The van der Waals surface area contributed by atoms with E-state index in [1.165, 1.54) is 11.3 Å². The number of rotatable bonds is 8. The molecule has 0 amide bonds. The maximum absolute atomic E-state index is 12.5. The summed E-state index contributed by atoms with van der Waals surface area (Å²) in [5.74, 6) is 0.705. The quantitative estimate of drug-likeness (QED) is 0.445. The largest absolute Gasteiger partial charge is 0.465 e. The number of fused-ring (bicyclic) bond motifs is 1. The monoisotopic (exact) mass is 434 g/mol. The van der Waals surface area contributed by atoms with Crippen molar-refractivity contribution in [2.45, 2.75) is 51.4 Å². The van der Waals surface area contributed by atoms with Crippen molar-refractivity contribution < 1.29 is 14.3 Å². The van der Waals surface area contributed by atoms with E-state index >= 15 is 0 Å². The molecule has 1 atom stereocenters. The van der Waals surface area contributed by atoms with Crippen molar-refractivity contribution in [2.24, 2.45) is 11.8 Å². The lowest BCUT2D eigenvalue weighted by molar-refractivity contribution is -0.147. The van der Waals surface area contributed by atoms with E-state index in [0.717, 1.165) is 48.1 Å². The number of carbonyl (C=O) groups excluding carboxylic acids is 2. The number of nitriles is 1. The molecule has 6 heteroatoms. The van der Waals surface area contributed by atoms with Crippen LogP contribution in [0.25, 0.3) is 6.08 Å². The van der Waals surface area contributed by atoms with Gasteiger partial charge in [-0.05, 0) is 73.3 Å². The first-order valence-electron chi connectivity index (χ1n) is 10.9. The number of hydrogen-bond donors (Lipinski definition) is 0. The Morgan fingerprint density at radius 3 is 2.87 bits per heavy atom. The number of nitrogens with zero attached hydrogens (tertiary/aromatic N) is 2. The van der Waals surface area contributed by atoms with Crippen LogP contribution in [-0.2, 0) is 33.6 Å². The molecule has 2 heterocycles. The van der Waals surface area contributed by atoms with Gasteiger partial charge in [-0.2, -0.15) is 5.26 Å². The Bertz CT molecular complexity index is 1020. The molecule has 160 valence electrons. The minimum Gasteiger partial charge on any atom is -0.465 e. The van der Waals surface area contributed by atoms with Crippen LogP contribution >= 0.6 is 11.3 Å². The summed E-state index contributed by atoms with van der Waals surface area (Å²) in [5, 5.41) is 9.69. The number of esters is 1. The lowest BCUT2D eigenvalue weighted by Gasteiger charge is -2.25. The first-order valence-corrected chi connectivity index (χ1v) is 11.7. The van der Waals surface area contributed by atoms with Gasteiger partial charge < -0.3 is 4.74 Å². The van der Waals surface area contributed by atoms with Crippen LogP contribution in [0, 0.1) is 23.2 Å². The molecular weight excluding hydrogens is 408 g/mol. The Morgan fingerprint density at radius 1 is 1.29 bits per heavy atom. The van der Waals surface area contributed by atoms with Gasteiger partial charge in [0.1, 0.15) is 6.07 Å². The third kappa shape index (κ3) is 5.48. The molecule has 0 spiro atoms. The van der Waals surface area contributed by atoms with E-state index in [0.29, 0.717) is 24.5 Å². The minimum absolute atomic E-state index is 0.0274. The zero-order valence-corrected chi connectivity index (χ0v) is 18.3. The molecule has 0 aromatic carbocycles. The minimum atomic E-state index is -0.0777. The lowest BCUT2D eigenvalue weighted by atomic mass is 9.83. The number of carbonyl (C=O) groups is 2. The van der Waals surface area contributed by atoms with Crippen LogP contribution in [0.1, 0.15) is 58.5 Å². The molecule has 5 nitrogen and oxygen atoms in total. The normalized spacial score (nSPS) is 18.2. The summed E-state index contributed by atoms with van der Waals surface area (Å²) in [6, 6.07) is 6.04. The van der Waals surface area contributed by atoms with E-state index in [1.54, 1.807) is 35.9 Å². The molecule has 2 aliphatic rings. The predicted octanol–water partition coefficient (Wildman–Crippen LogP) is 4.68. The fourth-order valence-corrected chi connectivity index (χ4v) is 5.62. The van der Waals surface area contributed by atoms with E-state index in [4.69, 9.17) is 4.74 Å². The molecular formula is C25H26N2O3S. The number of aromatic nitrogens is 1. The van der Waals surface area contributed by atoms with Crippen LogP contribution < -0.4 is 0 Å². The van der Waals surface area contributed by atoms with Gasteiger partial charge in [0.2, 0.25) is 0 Å². The molecule has 0 aliphatic heterocycles. The van der Waals surface area contributed by atoms with Crippen LogP contribution in [0.5, 0.6) is 0 Å². The summed E-state index contributed by atoms with van der Waals surface area (Å²) < 4.78 is 5.54. The first kappa shape index (κ1) is 21.5. The number of ketones is 1. The molecule has 0 bridgehead atoms. The Hall–Kier alpha value is -2.78. The van der Waals surface area contributed by atoms with E-state index < -0.39 is 0 Å². The molecule has 4 rings (SSSR count). The summed E-state index contributed by atoms with van der Waals surface area (Å²) in [7, 11) is 0. The summed E-state index contributed by atoms with van der Waals surface area (Å²) in [4.78, 5) is 30.5. The number of ether oxygens (including phenoxy) is 1.